The highest BCUT2D eigenvalue weighted by molar-refractivity contribution is 7.86. The van der Waals surface area contributed by atoms with Crippen LogP contribution in [0.4, 0.5) is 11.4 Å². The van der Waals surface area contributed by atoms with Crippen LogP contribution in [0.5, 0.6) is 0 Å². The highest BCUT2D eigenvalue weighted by Gasteiger charge is 2.26. The Labute approximate surface area is 318 Å². The predicted molar refractivity (Wildman–Crippen MR) is 201 cm³/mol. The number of pyridine rings is 2. The van der Waals surface area contributed by atoms with Crippen LogP contribution in [0.15, 0.2) is 150 Å². The van der Waals surface area contributed by atoms with Crippen LogP contribution in [0.2, 0.25) is 0 Å². The van der Waals surface area contributed by atoms with E-state index in [0.717, 1.165) is 34.0 Å². The van der Waals surface area contributed by atoms with Crippen molar-refractivity contribution in [3.63, 3.8) is 0 Å². The Kier molecular flexibility index (Phi) is 13.4. The molecule has 0 amide bonds. The summed E-state index contributed by atoms with van der Waals surface area (Å²) in [5.74, 6) is 0.404. The molecule has 55 heavy (non-hydrogen) atoms. The van der Waals surface area contributed by atoms with Gasteiger partial charge in [-0.1, -0.05) is 67.4 Å². The average molecular weight is 785 g/mol. The summed E-state index contributed by atoms with van der Waals surface area (Å²) >= 11 is 0. The number of nitro groups is 2. The number of rotatable bonds is 8. The van der Waals surface area contributed by atoms with Gasteiger partial charge in [0.25, 0.3) is 11.4 Å². The third-order valence-electron chi connectivity index (χ3n) is 8.09. The third kappa shape index (κ3) is 11.4. The Morgan fingerprint density at radius 3 is 1.35 bits per heavy atom. The van der Waals surface area contributed by atoms with Crippen LogP contribution in [0.3, 0.4) is 0 Å². The number of nitro benzene ring substituents is 2. The summed E-state index contributed by atoms with van der Waals surface area (Å²) in [6.07, 6.45) is 7.44. The van der Waals surface area contributed by atoms with Gasteiger partial charge in [-0.25, -0.2) is 16.8 Å². The average Bonchev–Trinajstić information content (AvgIpc) is 3.15. The molecule has 2 aromatic heterocycles. The van der Waals surface area contributed by atoms with Crippen LogP contribution in [-0.2, 0) is 20.2 Å². The van der Waals surface area contributed by atoms with Crippen molar-refractivity contribution in [1.29, 1.82) is 0 Å². The summed E-state index contributed by atoms with van der Waals surface area (Å²) in [6.45, 7) is 7.98. The van der Waals surface area contributed by atoms with E-state index in [1.54, 1.807) is 41.2 Å². The van der Waals surface area contributed by atoms with Crippen LogP contribution in [-0.4, -0.2) is 35.8 Å². The second kappa shape index (κ2) is 17.7. The summed E-state index contributed by atoms with van der Waals surface area (Å²) in [6, 6.07) is 31.2. The summed E-state index contributed by atoms with van der Waals surface area (Å²) in [4.78, 5) is 20.8. The highest BCUT2D eigenvalue weighted by atomic mass is 32.2. The Balaban J connectivity index is 0.000000248. The van der Waals surface area contributed by atoms with Gasteiger partial charge in [-0.3, -0.25) is 20.2 Å². The van der Waals surface area contributed by atoms with Gasteiger partial charge in [0.1, 0.15) is 26.3 Å². The normalized spacial score (nSPS) is 11.1. The van der Waals surface area contributed by atoms with Crippen LogP contribution >= 0.6 is 0 Å². The molecule has 0 unspecified atom stereocenters. The maximum absolute atomic E-state index is 11.4. The van der Waals surface area contributed by atoms with E-state index >= 15 is 0 Å². The molecular formula is C39H36N4O10S2. The lowest BCUT2D eigenvalue weighted by Gasteiger charge is -2.08. The van der Waals surface area contributed by atoms with Crippen molar-refractivity contribution < 1.29 is 44.9 Å². The fourth-order valence-corrected chi connectivity index (χ4v) is 6.11. The first-order chi connectivity index (χ1) is 25.8. The molecule has 0 bridgehead atoms. The van der Waals surface area contributed by atoms with Crippen molar-refractivity contribution in [2.75, 3.05) is 0 Å². The molecule has 0 spiro atoms. The fraction of sp³-hybridized carbons (Fsp3) is 0.128. The molecule has 0 saturated heterocycles. The molecular weight excluding hydrogens is 749 g/mol. The van der Waals surface area contributed by atoms with Gasteiger partial charge in [-0.05, 0) is 55.2 Å². The summed E-state index contributed by atoms with van der Waals surface area (Å²) in [5, 5.41) is 22.4. The quantitative estimate of drug-likeness (QED) is 0.0695. The van der Waals surface area contributed by atoms with Crippen LogP contribution in [0.25, 0.3) is 22.5 Å². The first-order valence-corrected chi connectivity index (χ1v) is 19.3. The zero-order valence-corrected chi connectivity index (χ0v) is 31.7. The van der Waals surface area contributed by atoms with E-state index in [9.17, 15) is 46.2 Å². The van der Waals surface area contributed by atoms with Gasteiger partial charge < -0.3 is 9.11 Å². The molecule has 2 heterocycles. The zero-order valence-electron chi connectivity index (χ0n) is 30.0. The second-order valence-corrected chi connectivity index (χ2v) is 15.2. The van der Waals surface area contributed by atoms with E-state index in [2.05, 4.69) is 30.5 Å². The van der Waals surface area contributed by atoms with Crippen molar-refractivity contribution in [3.8, 4) is 22.5 Å². The number of hydrogen-bond acceptors (Lipinski definition) is 10. The van der Waals surface area contributed by atoms with E-state index in [-0.39, 0.29) is 26.9 Å². The van der Waals surface area contributed by atoms with E-state index in [0.29, 0.717) is 5.92 Å². The SMILES string of the molecule is CC(C)c1ccccc1-[n+]1ccc(-c2cc[n+](-c3ccc([N+](=O)[O-])cc3[N+](=O)[O-])cc2)cc1.Cc1ccc(S(=O)(=O)[O-])cc1.Cc1ccc(S(=O)(=O)[O-])cc1. The third-order valence-corrected chi connectivity index (χ3v) is 9.79. The largest absolute Gasteiger partial charge is 0.744 e. The molecule has 0 aliphatic rings. The maximum Gasteiger partial charge on any atom is 0.347 e. The Hall–Kier alpha value is -6.20. The number of hydrogen-bond donors (Lipinski definition) is 0. The van der Waals surface area contributed by atoms with Crippen molar-refractivity contribution in [3.05, 3.63) is 177 Å². The molecule has 0 atom stereocenters. The maximum atomic E-state index is 11.4. The molecule has 4 aromatic carbocycles. The lowest BCUT2D eigenvalue weighted by Crippen LogP contribution is -2.31. The van der Waals surface area contributed by atoms with E-state index < -0.39 is 30.1 Å². The Morgan fingerprint density at radius 2 is 0.964 bits per heavy atom. The smallest absolute Gasteiger partial charge is 0.347 e. The molecule has 6 rings (SSSR count). The number of benzene rings is 4. The van der Waals surface area contributed by atoms with Crippen LogP contribution < -0.4 is 9.13 Å². The molecule has 16 heteroatoms. The van der Waals surface area contributed by atoms with Gasteiger partial charge >= 0.3 is 5.69 Å². The first kappa shape index (κ1) is 41.6. The molecule has 14 nitrogen and oxygen atoms in total. The Morgan fingerprint density at radius 1 is 0.545 bits per heavy atom. The summed E-state index contributed by atoms with van der Waals surface area (Å²) < 4.78 is 66.0. The highest BCUT2D eigenvalue weighted by Crippen LogP contribution is 2.26. The van der Waals surface area contributed by atoms with Crippen molar-refractivity contribution in [2.24, 2.45) is 0 Å². The minimum Gasteiger partial charge on any atom is -0.744 e. The number of non-ortho nitro benzene ring substituents is 1. The van der Waals surface area contributed by atoms with Gasteiger partial charge in [-0.2, -0.15) is 9.13 Å². The lowest BCUT2D eigenvalue weighted by atomic mass is 10.0. The molecule has 284 valence electrons. The fourth-order valence-electron chi connectivity index (χ4n) is 5.17. The number of para-hydroxylation sites is 1. The second-order valence-electron chi connectivity index (χ2n) is 12.4. The molecule has 0 aliphatic heterocycles. The predicted octanol–water partition coefficient (Wildman–Crippen LogP) is 6.65. The standard InChI is InChI=1S/C25H22N4O4.2C7H8O3S/c1-18(2)22-5-3-4-6-23(22)26-13-9-19(10-14-26)20-11-15-27(16-12-20)24-8-7-21(28(30)31)17-25(24)29(32)33;2*1-6-2-4-7(5-3-6)11(8,9)10/h3-18H,1-2H3;2*2-5H,1H3,(H,8,9,10)/q+2;;/p-2. The van der Waals surface area contributed by atoms with E-state index in [1.165, 1.54) is 42.0 Å². The topological polar surface area (TPSA) is 208 Å². The molecule has 0 aliphatic carbocycles. The van der Waals surface area contributed by atoms with Crippen molar-refractivity contribution in [1.82, 2.24) is 0 Å². The van der Waals surface area contributed by atoms with Gasteiger partial charge in [0.2, 0.25) is 5.69 Å². The van der Waals surface area contributed by atoms with Gasteiger partial charge in [0, 0.05) is 48.0 Å². The van der Waals surface area contributed by atoms with Crippen molar-refractivity contribution in [2.45, 2.75) is 43.4 Å². The van der Waals surface area contributed by atoms with E-state index in [4.69, 9.17) is 0 Å². The summed E-state index contributed by atoms with van der Waals surface area (Å²) in [5.41, 5.74) is 5.81. The molecule has 6 aromatic rings. The molecule has 0 saturated carbocycles. The lowest BCUT2D eigenvalue weighted by molar-refractivity contribution is -0.600. The summed E-state index contributed by atoms with van der Waals surface area (Å²) in [7, 11) is -8.54. The minimum absolute atomic E-state index is 0.178. The van der Waals surface area contributed by atoms with Gasteiger partial charge in [0.15, 0.2) is 24.8 Å². The molecule has 0 N–H and O–H groups in total. The van der Waals surface area contributed by atoms with Crippen molar-refractivity contribution >= 4 is 31.6 Å². The van der Waals surface area contributed by atoms with Crippen LogP contribution in [0, 0.1) is 34.1 Å². The van der Waals surface area contributed by atoms with Gasteiger partial charge in [0.05, 0.1) is 19.6 Å². The van der Waals surface area contributed by atoms with Crippen LogP contribution in [0.1, 0.15) is 36.5 Å². The number of nitrogens with zero attached hydrogens (tertiary/aromatic N) is 4. The van der Waals surface area contributed by atoms with E-state index in [1.807, 2.05) is 62.6 Å². The minimum atomic E-state index is -4.27. The zero-order chi connectivity index (χ0) is 40.5. The molecule has 0 radical (unpaired) electrons. The number of aryl methyl sites for hydroxylation is 2. The number of aromatic nitrogens is 2. The Bertz CT molecular complexity index is 2440. The van der Waals surface area contributed by atoms with Gasteiger partial charge in [-0.15, -0.1) is 0 Å². The monoisotopic (exact) mass is 784 g/mol. The first-order valence-electron chi connectivity index (χ1n) is 16.5. The molecule has 0 fully saturated rings.